The van der Waals surface area contributed by atoms with Gasteiger partial charge in [0, 0.05) is 30.4 Å². The molecule has 152 valence electrons. The first-order chi connectivity index (χ1) is 14.5. The van der Waals surface area contributed by atoms with Crippen LogP contribution in [0.2, 0.25) is 0 Å². The molecule has 5 nitrogen and oxygen atoms in total. The minimum atomic E-state index is -0.313. The van der Waals surface area contributed by atoms with Crippen LogP contribution in [-0.2, 0) is 11.4 Å². The van der Waals surface area contributed by atoms with Crippen LogP contribution >= 0.6 is 0 Å². The van der Waals surface area contributed by atoms with E-state index in [2.05, 4.69) is 10.6 Å². The minimum absolute atomic E-state index is 0.164. The Labute approximate surface area is 174 Å². The monoisotopic (exact) mass is 404 g/mol. The molecule has 0 spiro atoms. The molecule has 6 heteroatoms. The van der Waals surface area contributed by atoms with Gasteiger partial charge in [0.25, 0.3) is 5.91 Å². The maximum atomic E-state index is 13.2. The Morgan fingerprint density at radius 2 is 1.77 bits per heavy atom. The van der Waals surface area contributed by atoms with E-state index in [0.717, 1.165) is 11.1 Å². The fourth-order valence-corrected chi connectivity index (χ4v) is 2.70. The molecular formula is C24H21FN2O3. The number of rotatable bonds is 7. The summed E-state index contributed by atoms with van der Waals surface area (Å²) in [6.45, 7) is 0.223. The fourth-order valence-electron chi connectivity index (χ4n) is 2.70. The second-order valence-electron chi connectivity index (χ2n) is 6.47. The van der Waals surface area contributed by atoms with E-state index >= 15 is 0 Å². The molecule has 0 radical (unpaired) electrons. The molecule has 2 N–H and O–H groups in total. The van der Waals surface area contributed by atoms with Crippen LogP contribution in [0.5, 0.6) is 5.75 Å². The lowest BCUT2D eigenvalue weighted by Gasteiger charge is -2.08. The van der Waals surface area contributed by atoms with E-state index in [1.54, 1.807) is 73.8 Å². The number of benzene rings is 3. The molecule has 0 bridgehead atoms. The molecule has 0 atom stereocenters. The number of ether oxygens (including phenoxy) is 1. The molecule has 0 aliphatic heterocycles. The third-order valence-corrected chi connectivity index (χ3v) is 4.22. The number of halogens is 1. The molecule has 3 aromatic carbocycles. The summed E-state index contributed by atoms with van der Waals surface area (Å²) in [4.78, 5) is 23.7. The van der Waals surface area contributed by atoms with E-state index in [0.29, 0.717) is 17.0 Å². The van der Waals surface area contributed by atoms with Crippen LogP contribution in [0.3, 0.4) is 0 Å². The second kappa shape index (κ2) is 10.0. The summed E-state index contributed by atoms with van der Waals surface area (Å²) in [5.74, 6) is -0.214. The number of anilines is 1. The van der Waals surface area contributed by atoms with Crippen LogP contribution in [0.15, 0.2) is 78.9 Å². The van der Waals surface area contributed by atoms with Gasteiger partial charge in [-0.1, -0.05) is 30.3 Å². The summed E-state index contributed by atoms with van der Waals surface area (Å²) in [5.41, 5.74) is 2.64. The van der Waals surface area contributed by atoms with Gasteiger partial charge in [-0.2, -0.15) is 0 Å². The standard InChI is InChI=1S/C24H21FN2O3/c1-26-24(29)19-11-8-17(9-12-19)10-13-23(28)27-21-6-3-7-22(15-21)30-16-18-4-2-5-20(25)14-18/h2-15H,16H2,1H3,(H,26,29)(H,27,28)/b13-10+. The van der Waals surface area contributed by atoms with Crippen LogP contribution in [0.4, 0.5) is 10.1 Å². The second-order valence-corrected chi connectivity index (χ2v) is 6.47. The van der Waals surface area contributed by atoms with Crippen LogP contribution in [0.25, 0.3) is 6.08 Å². The first-order valence-electron chi connectivity index (χ1n) is 9.32. The van der Waals surface area contributed by atoms with Gasteiger partial charge >= 0.3 is 0 Å². The first-order valence-corrected chi connectivity index (χ1v) is 9.32. The molecule has 3 aromatic rings. The molecular weight excluding hydrogens is 383 g/mol. The average molecular weight is 404 g/mol. The van der Waals surface area contributed by atoms with Gasteiger partial charge in [0.1, 0.15) is 18.2 Å². The van der Waals surface area contributed by atoms with Crippen molar-refractivity contribution in [2.24, 2.45) is 0 Å². The van der Waals surface area contributed by atoms with Crippen LogP contribution in [0, 0.1) is 5.82 Å². The normalized spacial score (nSPS) is 10.6. The predicted molar refractivity (Wildman–Crippen MR) is 115 cm³/mol. The number of carbonyl (C=O) groups is 2. The lowest BCUT2D eigenvalue weighted by molar-refractivity contribution is -0.111. The molecule has 0 saturated heterocycles. The van der Waals surface area contributed by atoms with Gasteiger partial charge in [-0.25, -0.2) is 4.39 Å². The van der Waals surface area contributed by atoms with Crippen molar-refractivity contribution in [2.75, 3.05) is 12.4 Å². The molecule has 0 saturated carbocycles. The number of amides is 2. The molecule has 0 aromatic heterocycles. The Balaban J connectivity index is 1.56. The van der Waals surface area contributed by atoms with Crippen molar-refractivity contribution in [3.8, 4) is 5.75 Å². The van der Waals surface area contributed by atoms with Crippen molar-refractivity contribution in [1.29, 1.82) is 0 Å². The third-order valence-electron chi connectivity index (χ3n) is 4.22. The van der Waals surface area contributed by atoms with Crippen molar-refractivity contribution < 1.29 is 18.7 Å². The number of carbonyl (C=O) groups excluding carboxylic acids is 2. The van der Waals surface area contributed by atoms with Crippen molar-refractivity contribution in [3.05, 3.63) is 101 Å². The van der Waals surface area contributed by atoms with Crippen molar-refractivity contribution in [1.82, 2.24) is 5.32 Å². The first kappa shape index (κ1) is 20.8. The molecule has 0 aliphatic rings. The molecule has 30 heavy (non-hydrogen) atoms. The van der Waals surface area contributed by atoms with Gasteiger partial charge in [-0.05, 0) is 53.6 Å². The van der Waals surface area contributed by atoms with Gasteiger partial charge in [0.2, 0.25) is 5.91 Å². The number of hydrogen-bond acceptors (Lipinski definition) is 3. The predicted octanol–water partition coefficient (Wildman–Crippen LogP) is 4.42. The van der Waals surface area contributed by atoms with Crippen LogP contribution < -0.4 is 15.4 Å². The highest BCUT2D eigenvalue weighted by Crippen LogP contribution is 2.19. The van der Waals surface area contributed by atoms with Crippen LogP contribution in [0.1, 0.15) is 21.5 Å². The zero-order valence-corrected chi connectivity index (χ0v) is 16.4. The Kier molecular flexibility index (Phi) is 6.95. The summed E-state index contributed by atoms with van der Waals surface area (Å²) in [6.07, 6.45) is 3.07. The topological polar surface area (TPSA) is 67.4 Å². The fraction of sp³-hybridized carbons (Fsp3) is 0.0833. The van der Waals surface area contributed by atoms with Gasteiger partial charge in [0.05, 0.1) is 0 Å². The Morgan fingerprint density at radius 3 is 2.50 bits per heavy atom. The van der Waals surface area contributed by atoms with Gasteiger partial charge < -0.3 is 15.4 Å². The average Bonchev–Trinajstić information content (AvgIpc) is 2.76. The Bertz CT molecular complexity index is 1060. The molecule has 0 unspecified atom stereocenters. The SMILES string of the molecule is CNC(=O)c1ccc(/C=C/C(=O)Nc2cccc(OCc3cccc(F)c3)c2)cc1. The highest BCUT2D eigenvalue weighted by molar-refractivity contribution is 6.02. The number of hydrogen-bond donors (Lipinski definition) is 2. The van der Waals surface area contributed by atoms with Gasteiger partial charge in [-0.15, -0.1) is 0 Å². The number of nitrogens with one attached hydrogen (secondary N) is 2. The summed E-state index contributed by atoms with van der Waals surface area (Å²) < 4.78 is 18.9. The zero-order chi connectivity index (χ0) is 21.3. The lowest BCUT2D eigenvalue weighted by atomic mass is 10.1. The third kappa shape index (κ3) is 6.04. The van der Waals surface area contributed by atoms with E-state index in [-0.39, 0.29) is 24.2 Å². The molecule has 3 rings (SSSR count). The Hall–Kier alpha value is -3.93. The van der Waals surface area contributed by atoms with E-state index < -0.39 is 0 Å². The van der Waals surface area contributed by atoms with Crippen molar-refractivity contribution in [3.63, 3.8) is 0 Å². The van der Waals surface area contributed by atoms with E-state index in [4.69, 9.17) is 4.74 Å². The highest BCUT2D eigenvalue weighted by atomic mass is 19.1. The summed E-state index contributed by atoms with van der Waals surface area (Å²) in [7, 11) is 1.57. The maximum absolute atomic E-state index is 13.2. The van der Waals surface area contributed by atoms with Gasteiger partial charge in [0.15, 0.2) is 0 Å². The van der Waals surface area contributed by atoms with Crippen molar-refractivity contribution >= 4 is 23.6 Å². The molecule has 0 heterocycles. The van der Waals surface area contributed by atoms with E-state index in [1.807, 2.05) is 0 Å². The molecule has 2 amide bonds. The van der Waals surface area contributed by atoms with E-state index in [1.165, 1.54) is 18.2 Å². The van der Waals surface area contributed by atoms with Crippen LogP contribution in [-0.4, -0.2) is 18.9 Å². The zero-order valence-electron chi connectivity index (χ0n) is 16.4. The van der Waals surface area contributed by atoms with E-state index in [9.17, 15) is 14.0 Å². The summed E-state index contributed by atoms with van der Waals surface area (Å²) in [5, 5.41) is 5.32. The van der Waals surface area contributed by atoms with Crippen molar-refractivity contribution in [2.45, 2.75) is 6.61 Å². The maximum Gasteiger partial charge on any atom is 0.251 e. The molecule has 0 fully saturated rings. The highest BCUT2D eigenvalue weighted by Gasteiger charge is 2.03. The Morgan fingerprint density at radius 1 is 1.00 bits per heavy atom. The summed E-state index contributed by atoms with van der Waals surface area (Å²) in [6, 6.07) is 20.1. The quantitative estimate of drug-likeness (QED) is 0.573. The smallest absolute Gasteiger partial charge is 0.251 e. The minimum Gasteiger partial charge on any atom is -0.489 e. The lowest BCUT2D eigenvalue weighted by Crippen LogP contribution is -2.17. The van der Waals surface area contributed by atoms with Gasteiger partial charge in [-0.3, -0.25) is 9.59 Å². The summed E-state index contributed by atoms with van der Waals surface area (Å²) >= 11 is 0. The largest absolute Gasteiger partial charge is 0.489 e. The molecule has 0 aliphatic carbocycles.